The van der Waals surface area contributed by atoms with Crippen LogP contribution in [0.3, 0.4) is 0 Å². The molecule has 4 aromatic rings. The molecule has 0 fully saturated rings. The van der Waals surface area contributed by atoms with Gasteiger partial charge in [0.15, 0.2) is 23.3 Å². The van der Waals surface area contributed by atoms with E-state index in [0.717, 1.165) is 11.8 Å². The molecule has 0 heterocycles. The summed E-state index contributed by atoms with van der Waals surface area (Å²) in [6.45, 7) is 0. The summed E-state index contributed by atoms with van der Waals surface area (Å²) in [5.41, 5.74) is -4.49. The van der Waals surface area contributed by atoms with Gasteiger partial charge in [-0.1, -0.05) is 48.5 Å². The Hall–Kier alpha value is -4.85. The largest absolute Gasteiger partial charge is 0.478 e. The van der Waals surface area contributed by atoms with Crippen molar-refractivity contribution in [1.82, 2.24) is 0 Å². The molecule has 1 unspecified atom stereocenters. The second kappa shape index (κ2) is 12.6. The number of carbonyl (C=O) groups is 3. The summed E-state index contributed by atoms with van der Waals surface area (Å²) in [7, 11) is 0. The molecule has 3 N–H and O–H groups in total. The molecule has 0 spiro atoms. The summed E-state index contributed by atoms with van der Waals surface area (Å²) >= 11 is 0.772. The Kier molecular flexibility index (Phi) is 9.09. The minimum atomic E-state index is -5.75. The molecule has 0 aliphatic heterocycles. The highest BCUT2D eigenvalue weighted by molar-refractivity contribution is 8.00. The van der Waals surface area contributed by atoms with Crippen molar-refractivity contribution in [2.24, 2.45) is 0 Å². The van der Waals surface area contributed by atoms with Crippen molar-refractivity contribution in [1.29, 1.82) is 0 Å². The number of carboxylic acid groups (broad SMARTS) is 1. The summed E-state index contributed by atoms with van der Waals surface area (Å²) in [6.07, 6.45) is -5.75. The lowest BCUT2D eigenvalue weighted by Crippen LogP contribution is -2.23. The van der Waals surface area contributed by atoms with Crippen LogP contribution in [-0.2, 0) is 11.0 Å². The maximum Gasteiger partial charge on any atom is 0.422 e. The van der Waals surface area contributed by atoms with Crippen LogP contribution in [-0.4, -0.2) is 22.9 Å². The van der Waals surface area contributed by atoms with E-state index in [1.807, 2.05) is 0 Å². The normalized spacial score (nSPS) is 12.0. The highest BCUT2D eigenvalue weighted by atomic mass is 32.2. The van der Waals surface area contributed by atoms with Gasteiger partial charge in [0.05, 0.1) is 11.1 Å². The van der Waals surface area contributed by atoms with E-state index in [1.165, 1.54) is 72.8 Å². The number of carbonyl (C=O) groups excluding carboxylic acids is 2. The number of alkyl halides is 3. The monoisotopic (exact) mass is 622 g/mol. The van der Waals surface area contributed by atoms with E-state index in [4.69, 9.17) is 0 Å². The van der Waals surface area contributed by atoms with Crippen molar-refractivity contribution >= 4 is 40.9 Å². The quantitative estimate of drug-likeness (QED) is 0.106. The van der Waals surface area contributed by atoms with Crippen LogP contribution in [0.1, 0.15) is 37.1 Å². The first-order valence-corrected chi connectivity index (χ1v) is 12.9. The fourth-order valence-corrected chi connectivity index (χ4v) is 5.01. The lowest BCUT2D eigenvalue weighted by molar-refractivity contribution is -0.143. The van der Waals surface area contributed by atoms with E-state index in [0.29, 0.717) is 4.90 Å². The minimum Gasteiger partial charge on any atom is -0.478 e. The fraction of sp³-hybridized carbons (Fsp3) is 0.0690. The first-order chi connectivity index (χ1) is 20.3. The zero-order valence-electron chi connectivity index (χ0n) is 21.3. The van der Waals surface area contributed by atoms with Gasteiger partial charge < -0.3 is 15.7 Å². The predicted octanol–water partition coefficient (Wildman–Crippen LogP) is 7.68. The fourth-order valence-electron chi connectivity index (χ4n) is 3.93. The number of anilines is 2. The summed E-state index contributed by atoms with van der Waals surface area (Å²) in [6, 6.07) is 18.8. The molecule has 0 saturated carbocycles. The molecule has 0 aliphatic carbocycles. The third-order valence-corrected chi connectivity index (χ3v) is 7.13. The SMILES string of the molecule is O=C(O)c1ccccc1C(=O)Nc1cccc(SC(C(=O)Nc2c(F)c(F)c(C(F)(F)F)c(F)c2F)c2ccccc2)c1. The maximum atomic E-state index is 14.5. The molecule has 4 aromatic carbocycles. The standard InChI is InChI=1S/C29H17F7N2O4S/c30-20-19(29(34,35)36)21(31)23(33)24(22(20)32)38-27(40)25(14-7-2-1-3-8-14)43-16-10-6-9-15(13-16)37-26(39)17-11-4-5-12-18(17)28(41)42/h1-13,25H,(H,37,39)(H,38,40)(H,41,42). The summed E-state index contributed by atoms with van der Waals surface area (Å²) in [5, 5.41) is 12.2. The summed E-state index contributed by atoms with van der Waals surface area (Å²) < 4.78 is 96.2. The van der Waals surface area contributed by atoms with Gasteiger partial charge in [-0.15, -0.1) is 11.8 Å². The first-order valence-electron chi connectivity index (χ1n) is 12.0. The van der Waals surface area contributed by atoms with Crippen LogP contribution >= 0.6 is 11.8 Å². The third-order valence-electron chi connectivity index (χ3n) is 5.88. The molecular formula is C29H17F7N2O4S. The van der Waals surface area contributed by atoms with Gasteiger partial charge in [0.2, 0.25) is 5.91 Å². The molecule has 0 bridgehead atoms. The van der Waals surface area contributed by atoms with Crippen LogP contribution in [0.4, 0.5) is 42.1 Å². The van der Waals surface area contributed by atoms with Crippen LogP contribution in [0.25, 0.3) is 0 Å². The molecule has 14 heteroatoms. The topological polar surface area (TPSA) is 95.5 Å². The van der Waals surface area contributed by atoms with E-state index in [1.54, 1.807) is 11.4 Å². The molecule has 4 rings (SSSR count). The van der Waals surface area contributed by atoms with Crippen LogP contribution < -0.4 is 10.6 Å². The lowest BCUT2D eigenvalue weighted by Gasteiger charge is -2.19. The lowest BCUT2D eigenvalue weighted by atomic mass is 10.1. The van der Waals surface area contributed by atoms with Gasteiger partial charge in [-0.25, -0.2) is 22.4 Å². The molecule has 0 aromatic heterocycles. The number of amides is 2. The van der Waals surface area contributed by atoms with Crippen molar-refractivity contribution in [2.75, 3.05) is 10.6 Å². The Bertz CT molecular complexity index is 1690. The molecule has 222 valence electrons. The Morgan fingerprint density at radius 2 is 1.30 bits per heavy atom. The average molecular weight is 623 g/mol. The van der Waals surface area contributed by atoms with Gasteiger partial charge in [-0.3, -0.25) is 9.59 Å². The second-order valence-corrected chi connectivity index (χ2v) is 9.91. The zero-order valence-corrected chi connectivity index (χ0v) is 22.1. The molecule has 1 atom stereocenters. The number of halogens is 7. The minimum absolute atomic E-state index is 0.130. The van der Waals surface area contributed by atoms with E-state index in [9.17, 15) is 50.2 Å². The van der Waals surface area contributed by atoms with Gasteiger partial charge in [0, 0.05) is 10.6 Å². The number of thioether (sulfide) groups is 1. The Morgan fingerprint density at radius 3 is 1.88 bits per heavy atom. The highest BCUT2D eigenvalue weighted by Crippen LogP contribution is 2.41. The van der Waals surface area contributed by atoms with Crippen LogP contribution in [0.2, 0.25) is 0 Å². The van der Waals surface area contributed by atoms with E-state index >= 15 is 0 Å². The third kappa shape index (κ3) is 6.80. The molecule has 0 saturated heterocycles. The number of aromatic carboxylic acids is 1. The number of hydrogen-bond donors (Lipinski definition) is 3. The molecular weight excluding hydrogens is 605 g/mol. The van der Waals surface area contributed by atoms with Crippen molar-refractivity contribution in [3.05, 3.63) is 124 Å². The van der Waals surface area contributed by atoms with Crippen molar-refractivity contribution in [2.45, 2.75) is 16.3 Å². The number of hydrogen-bond acceptors (Lipinski definition) is 4. The molecule has 2 amide bonds. The Morgan fingerprint density at radius 1 is 0.721 bits per heavy atom. The van der Waals surface area contributed by atoms with Gasteiger partial charge in [0.25, 0.3) is 5.91 Å². The number of benzene rings is 4. The van der Waals surface area contributed by atoms with E-state index in [-0.39, 0.29) is 22.4 Å². The number of carboxylic acids is 1. The number of nitrogens with one attached hydrogen (secondary N) is 2. The van der Waals surface area contributed by atoms with Crippen molar-refractivity contribution in [3.8, 4) is 0 Å². The summed E-state index contributed by atoms with van der Waals surface area (Å²) in [5.74, 6) is -13.7. The smallest absolute Gasteiger partial charge is 0.422 e. The van der Waals surface area contributed by atoms with Gasteiger partial charge in [-0.2, -0.15) is 13.2 Å². The second-order valence-electron chi connectivity index (χ2n) is 8.73. The van der Waals surface area contributed by atoms with Crippen molar-refractivity contribution < 1.29 is 50.2 Å². The van der Waals surface area contributed by atoms with Gasteiger partial charge in [-0.05, 0) is 35.9 Å². The van der Waals surface area contributed by atoms with E-state index in [2.05, 4.69) is 5.32 Å². The Balaban J connectivity index is 1.64. The van der Waals surface area contributed by atoms with Crippen LogP contribution in [0, 0.1) is 23.3 Å². The van der Waals surface area contributed by atoms with Crippen LogP contribution in [0.5, 0.6) is 0 Å². The molecule has 43 heavy (non-hydrogen) atoms. The van der Waals surface area contributed by atoms with Crippen molar-refractivity contribution in [3.63, 3.8) is 0 Å². The first kappa shape index (κ1) is 31.1. The molecule has 0 radical (unpaired) electrons. The average Bonchev–Trinajstić information content (AvgIpc) is 2.97. The van der Waals surface area contributed by atoms with Gasteiger partial charge >= 0.3 is 12.1 Å². The van der Waals surface area contributed by atoms with Gasteiger partial charge in [0.1, 0.15) is 16.5 Å². The van der Waals surface area contributed by atoms with E-state index < -0.39 is 63.7 Å². The predicted molar refractivity (Wildman–Crippen MR) is 143 cm³/mol. The summed E-state index contributed by atoms with van der Waals surface area (Å²) in [4.78, 5) is 37.7. The zero-order chi connectivity index (χ0) is 31.5. The maximum absolute atomic E-state index is 14.5. The Labute approximate surface area is 242 Å². The molecule has 0 aliphatic rings. The number of rotatable bonds is 8. The molecule has 6 nitrogen and oxygen atoms in total. The van der Waals surface area contributed by atoms with Crippen LogP contribution in [0.15, 0.2) is 83.8 Å². The highest BCUT2D eigenvalue weighted by Gasteiger charge is 2.43.